The number of aryl methyl sites for hydroxylation is 1. The van der Waals surface area contributed by atoms with E-state index in [-0.39, 0.29) is 23.7 Å². The van der Waals surface area contributed by atoms with Crippen LogP contribution in [0, 0.1) is 5.92 Å². The molecule has 6 heteroatoms. The Kier molecular flexibility index (Phi) is 5.06. The lowest BCUT2D eigenvalue weighted by atomic mass is 9.77. The maximum absolute atomic E-state index is 13.1. The van der Waals surface area contributed by atoms with E-state index < -0.39 is 0 Å². The van der Waals surface area contributed by atoms with Crippen molar-refractivity contribution in [3.8, 4) is 0 Å². The van der Waals surface area contributed by atoms with Crippen molar-refractivity contribution in [1.82, 2.24) is 14.7 Å². The van der Waals surface area contributed by atoms with E-state index in [1.54, 1.807) is 7.11 Å². The van der Waals surface area contributed by atoms with Gasteiger partial charge in [0.05, 0.1) is 30.4 Å². The molecule has 3 aliphatic rings. The summed E-state index contributed by atoms with van der Waals surface area (Å²) in [5, 5.41) is 4.29. The third-order valence-corrected chi connectivity index (χ3v) is 6.42. The van der Waals surface area contributed by atoms with Crippen LogP contribution in [0.3, 0.4) is 0 Å². The van der Waals surface area contributed by atoms with Crippen molar-refractivity contribution < 1.29 is 14.3 Å². The first-order chi connectivity index (χ1) is 12.6. The largest absolute Gasteiger partial charge is 0.378 e. The molecule has 26 heavy (non-hydrogen) atoms. The number of methoxy groups -OCH3 is 1. The van der Waals surface area contributed by atoms with Crippen LogP contribution in [0.25, 0.3) is 0 Å². The minimum absolute atomic E-state index is 0.111. The summed E-state index contributed by atoms with van der Waals surface area (Å²) in [6.45, 7) is 1.64. The molecule has 0 radical (unpaired) electrons. The van der Waals surface area contributed by atoms with Gasteiger partial charge in [-0.05, 0) is 56.4 Å². The Balaban J connectivity index is 1.44. The van der Waals surface area contributed by atoms with Gasteiger partial charge in [0, 0.05) is 33.5 Å². The topological polar surface area (TPSA) is 56.6 Å². The normalized spacial score (nSPS) is 27.5. The molecular formula is C20H31N3O3. The van der Waals surface area contributed by atoms with Gasteiger partial charge < -0.3 is 14.4 Å². The molecule has 3 fully saturated rings. The Bertz CT molecular complexity index is 630. The van der Waals surface area contributed by atoms with Gasteiger partial charge in [-0.25, -0.2) is 0 Å². The van der Waals surface area contributed by atoms with Crippen LogP contribution in [0.4, 0.5) is 0 Å². The summed E-state index contributed by atoms with van der Waals surface area (Å²) in [5.41, 5.74) is 0.949. The first-order valence-electron chi connectivity index (χ1n) is 10.0. The fourth-order valence-corrected chi connectivity index (χ4v) is 4.34. The predicted molar refractivity (Wildman–Crippen MR) is 97.7 cm³/mol. The highest BCUT2D eigenvalue weighted by molar-refractivity contribution is 5.78. The second kappa shape index (κ2) is 7.31. The van der Waals surface area contributed by atoms with E-state index in [1.807, 2.05) is 24.1 Å². The molecule has 0 aromatic carbocycles. The molecular weight excluding hydrogens is 330 g/mol. The average Bonchev–Trinajstić information content (AvgIpc) is 3.21. The number of likely N-dealkylation sites (tertiary alicyclic amines) is 1. The third kappa shape index (κ3) is 3.81. The zero-order valence-electron chi connectivity index (χ0n) is 16.0. The zero-order valence-corrected chi connectivity index (χ0v) is 16.0. The molecule has 1 aromatic rings. The first kappa shape index (κ1) is 18.0. The second-order valence-corrected chi connectivity index (χ2v) is 8.40. The monoisotopic (exact) mass is 361 g/mol. The molecule has 0 N–H and O–H groups in total. The minimum atomic E-state index is -0.219. The van der Waals surface area contributed by atoms with Gasteiger partial charge in [0.25, 0.3) is 0 Å². The predicted octanol–water partition coefficient (Wildman–Crippen LogP) is 2.32. The van der Waals surface area contributed by atoms with E-state index >= 15 is 0 Å². The van der Waals surface area contributed by atoms with Crippen molar-refractivity contribution in [3.05, 3.63) is 18.0 Å². The van der Waals surface area contributed by atoms with Crippen LogP contribution >= 0.6 is 0 Å². The molecule has 1 amide bonds. The number of carbonyl (C=O) groups is 1. The molecule has 0 bridgehead atoms. The number of hydrogen-bond acceptors (Lipinski definition) is 4. The summed E-state index contributed by atoms with van der Waals surface area (Å²) in [6.07, 6.45) is 12.1. The van der Waals surface area contributed by atoms with Crippen molar-refractivity contribution in [2.45, 2.75) is 69.1 Å². The number of aromatic nitrogens is 2. The lowest BCUT2D eigenvalue weighted by Gasteiger charge is -2.41. The highest BCUT2D eigenvalue weighted by atomic mass is 16.5. The van der Waals surface area contributed by atoms with Crippen molar-refractivity contribution in [2.75, 3.05) is 20.3 Å². The molecule has 1 saturated heterocycles. The van der Waals surface area contributed by atoms with Gasteiger partial charge in [-0.1, -0.05) is 0 Å². The van der Waals surface area contributed by atoms with Gasteiger partial charge in [0.1, 0.15) is 0 Å². The number of ether oxygens (including phenoxy) is 2. The van der Waals surface area contributed by atoms with E-state index in [0.29, 0.717) is 6.42 Å². The molecule has 144 valence electrons. The molecule has 0 unspecified atom stereocenters. The highest BCUT2D eigenvalue weighted by Crippen LogP contribution is 2.39. The van der Waals surface area contributed by atoms with Gasteiger partial charge in [0.2, 0.25) is 5.91 Å². The van der Waals surface area contributed by atoms with Gasteiger partial charge in [0.15, 0.2) is 0 Å². The molecule has 2 saturated carbocycles. The SMILES string of the molecule is COC1(CC(=O)N2CC[C@@H](OCC3CC3)[C@@H]2Cc2cnn(C)c2)CCC1. The highest BCUT2D eigenvalue weighted by Gasteiger charge is 2.44. The summed E-state index contributed by atoms with van der Waals surface area (Å²) in [7, 11) is 3.67. The van der Waals surface area contributed by atoms with Crippen molar-refractivity contribution in [3.63, 3.8) is 0 Å². The van der Waals surface area contributed by atoms with E-state index in [2.05, 4.69) is 10.00 Å². The van der Waals surface area contributed by atoms with E-state index in [0.717, 1.165) is 51.2 Å². The maximum atomic E-state index is 13.1. The summed E-state index contributed by atoms with van der Waals surface area (Å²) in [4.78, 5) is 15.1. The average molecular weight is 361 g/mol. The summed E-state index contributed by atoms with van der Waals surface area (Å²) >= 11 is 0. The Morgan fingerprint density at radius 2 is 2.15 bits per heavy atom. The molecule has 2 aliphatic carbocycles. The van der Waals surface area contributed by atoms with E-state index in [9.17, 15) is 4.79 Å². The van der Waals surface area contributed by atoms with Gasteiger partial charge in [-0.2, -0.15) is 5.10 Å². The molecule has 0 spiro atoms. The molecule has 1 aliphatic heterocycles. The van der Waals surface area contributed by atoms with Crippen LogP contribution in [0.5, 0.6) is 0 Å². The standard InChI is InChI=1S/C20H31N3O3/c1-22-13-16(12-21-22)10-17-18(26-14-15-4-5-15)6-9-23(17)19(24)11-20(25-2)7-3-8-20/h12-13,15,17-18H,3-11,14H2,1-2H3/t17-,18+/m0/s1. The Morgan fingerprint density at radius 3 is 2.73 bits per heavy atom. The first-order valence-corrected chi connectivity index (χ1v) is 10.0. The zero-order chi connectivity index (χ0) is 18.1. The number of nitrogens with zero attached hydrogens (tertiary/aromatic N) is 3. The second-order valence-electron chi connectivity index (χ2n) is 8.40. The third-order valence-electron chi connectivity index (χ3n) is 6.42. The quantitative estimate of drug-likeness (QED) is 0.713. The summed E-state index contributed by atoms with van der Waals surface area (Å²) < 4.78 is 13.8. The van der Waals surface area contributed by atoms with Crippen LogP contribution in [0.15, 0.2) is 12.4 Å². The minimum Gasteiger partial charge on any atom is -0.378 e. The number of rotatable bonds is 8. The van der Waals surface area contributed by atoms with Crippen molar-refractivity contribution in [2.24, 2.45) is 13.0 Å². The maximum Gasteiger partial charge on any atom is 0.225 e. The van der Waals surface area contributed by atoms with Crippen LogP contribution in [-0.2, 0) is 27.7 Å². The lowest BCUT2D eigenvalue weighted by Crippen LogP contribution is -2.48. The number of amides is 1. The van der Waals surface area contributed by atoms with Gasteiger partial charge in [-0.15, -0.1) is 0 Å². The number of carbonyl (C=O) groups excluding carboxylic acids is 1. The van der Waals surface area contributed by atoms with Crippen molar-refractivity contribution >= 4 is 5.91 Å². The Morgan fingerprint density at radius 1 is 1.35 bits per heavy atom. The molecule has 1 aromatic heterocycles. The fourth-order valence-electron chi connectivity index (χ4n) is 4.34. The number of hydrogen-bond donors (Lipinski definition) is 0. The summed E-state index contributed by atoms with van der Waals surface area (Å²) in [5.74, 6) is 0.962. The molecule has 4 rings (SSSR count). The van der Waals surface area contributed by atoms with Crippen molar-refractivity contribution in [1.29, 1.82) is 0 Å². The van der Waals surface area contributed by atoms with E-state index in [1.165, 1.54) is 18.4 Å². The summed E-state index contributed by atoms with van der Waals surface area (Å²) in [6, 6.07) is 0.111. The smallest absolute Gasteiger partial charge is 0.225 e. The van der Waals surface area contributed by atoms with Crippen LogP contribution in [0.2, 0.25) is 0 Å². The van der Waals surface area contributed by atoms with Gasteiger partial charge >= 0.3 is 0 Å². The van der Waals surface area contributed by atoms with Crippen LogP contribution < -0.4 is 0 Å². The molecule has 2 atom stereocenters. The lowest BCUT2D eigenvalue weighted by molar-refractivity contribution is -0.146. The van der Waals surface area contributed by atoms with Crippen LogP contribution in [-0.4, -0.2) is 58.6 Å². The Labute approximate surface area is 155 Å². The van der Waals surface area contributed by atoms with E-state index in [4.69, 9.17) is 9.47 Å². The van der Waals surface area contributed by atoms with Gasteiger partial charge in [-0.3, -0.25) is 9.48 Å². The molecule has 2 heterocycles. The Hall–Kier alpha value is -1.40. The molecule has 6 nitrogen and oxygen atoms in total. The van der Waals surface area contributed by atoms with Crippen LogP contribution in [0.1, 0.15) is 50.5 Å². The fraction of sp³-hybridized carbons (Fsp3) is 0.800.